The number of carboxylic acid groups (broad SMARTS) is 1. The van der Waals surface area contributed by atoms with Gasteiger partial charge in [-0.05, 0) is 44.5 Å². The van der Waals surface area contributed by atoms with E-state index in [4.69, 9.17) is 21.4 Å². The molecule has 0 saturated heterocycles. The van der Waals surface area contributed by atoms with Crippen LogP contribution < -0.4 is 4.74 Å². The van der Waals surface area contributed by atoms with Gasteiger partial charge in [-0.3, -0.25) is 4.79 Å². The van der Waals surface area contributed by atoms with Crippen LogP contribution in [0.1, 0.15) is 26.7 Å². The molecule has 0 aliphatic heterocycles. The van der Waals surface area contributed by atoms with Crippen LogP contribution in [0.25, 0.3) is 0 Å². The van der Waals surface area contributed by atoms with E-state index in [2.05, 4.69) is 18.7 Å². The molecule has 1 rings (SSSR count). The number of aliphatic carboxylic acids is 1. The first-order chi connectivity index (χ1) is 9.49. The molecule has 0 radical (unpaired) electrons. The minimum absolute atomic E-state index is 0.177. The smallest absolute Gasteiger partial charge is 0.304 e. The second-order valence-corrected chi connectivity index (χ2v) is 5.37. The van der Waals surface area contributed by atoms with E-state index in [1.807, 2.05) is 12.1 Å². The van der Waals surface area contributed by atoms with Crippen molar-refractivity contribution < 1.29 is 14.6 Å². The summed E-state index contributed by atoms with van der Waals surface area (Å²) in [5, 5.41) is 9.42. The maximum Gasteiger partial charge on any atom is 0.304 e. The first-order valence-electron chi connectivity index (χ1n) is 6.83. The zero-order valence-corrected chi connectivity index (χ0v) is 12.8. The predicted octanol–water partition coefficient (Wildman–Crippen LogP) is 3.29. The molecule has 20 heavy (non-hydrogen) atoms. The van der Waals surface area contributed by atoms with Gasteiger partial charge in [0.1, 0.15) is 5.75 Å². The Balaban J connectivity index is 2.26. The minimum atomic E-state index is -0.756. The van der Waals surface area contributed by atoms with E-state index >= 15 is 0 Å². The number of rotatable bonds is 9. The van der Waals surface area contributed by atoms with Crippen molar-refractivity contribution in [2.24, 2.45) is 0 Å². The first-order valence-corrected chi connectivity index (χ1v) is 7.21. The van der Waals surface area contributed by atoms with Gasteiger partial charge in [0, 0.05) is 24.2 Å². The number of carbonyl (C=O) groups is 1. The number of halogens is 1. The second kappa shape index (κ2) is 8.82. The lowest BCUT2D eigenvalue weighted by Gasteiger charge is -2.25. The average Bonchev–Trinajstić information content (AvgIpc) is 2.39. The molecule has 0 aliphatic carbocycles. The van der Waals surface area contributed by atoms with Crippen molar-refractivity contribution in [2.75, 3.05) is 19.7 Å². The van der Waals surface area contributed by atoms with Crippen molar-refractivity contribution >= 4 is 17.6 Å². The number of carboxylic acids is 1. The standard InChI is InChI=1S/C15H22ClNO3/c1-12(2)17(10-8-15(18)19)9-3-11-20-14-6-4-13(16)5-7-14/h4-7,12H,3,8-11H2,1-2H3,(H,18,19). The lowest BCUT2D eigenvalue weighted by Crippen LogP contribution is -2.34. The van der Waals surface area contributed by atoms with E-state index in [0.29, 0.717) is 24.2 Å². The van der Waals surface area contributed by atoms with Crippen molar-refractivity contribution in [3.8, 4) is 5.75 Å². The largest absolute Gasteiger partial charge is 0.494 e. The number of nitrogens with zero attached hydrogens (tertiary/aromatic N) is 1. The molecule has 0 saturated carbocycles. The van der Waals surface area contributed by atoms with E-state index in [-0.39, 0.29) is 6.42 Å². The Morgan fingerprint density at radius 3 is 2.50 bits per heavy atom. The SMILES string of the molecule is CC(C)N(CCCOc1ccc(Cl)cc1)CCC(=O)O. The fraction of sp³-hybridized carbons (Fsp3) is 0.533. The molecule has 0 aromatic heterocycles. The predicted molar refractivity (Wildman–Crippen MR) is 80.5 cm³/mol. The van der Waals surface area contributed by atoms with Crippen LogP contribution in [0.4, 0.5) is 0 Å². The van der Waals surface area contributed by atoms with E-state index < -0.39 is 5.97 Å². The van der Waals surface area contributed by atoms with Crippen LogP contribution in [0.5, 0.6) is 5.75 Å². The molecular formula is C15H22ClNO3. The van der Waals surface area contributed by atoms with Gasteiger partial charge in [0.25, 0.3) is 0 Å². The zero-order valence-electron chi connectivity index (χ0n) is 12.0. The van der Waals surface area contributed by atoms with Gasteiger partial charge < -0.3 is 14.7 Å². The zero-order chi connectivity index (χ0) is 15.0. The summed E-state index contributed by atoms with van der Waals surface area (Å²) in [7, 11) is 0. The molecule has 0 fully saturated rings. The summed E-state index contributed by atoms with van der Waals surface area (Å²) in [5.74, 6) is 0.0455. The molecule has 112 valence electrons. The van der Waals surface area contributed by atoms with Crippen molar-refractivity contribution in [3.05, 3.63) is 29.3 Å². The van der Waals surface area contributed by atoms with Gasteiger partial charge in [-0.1, -0.05) is 11.6 Å². The Morgan fingerprint density at radius 1 is 1.30 bits per heavy atom. The van der Waals surface area contributed by atoms with Gasteiger partial charge >= 0.3 is 5.97 Å². The maximum absolute atomic E-state index is 10.6. The van der Waals surface area contributed by atoms with Gasteiger partial charge in [0.05, 0.1) is 13.0 Å². The molecule has 4 nitrogen and oxygen atoms in total. The summed E-state index contributed by atoms with van der Waals surface area (Å²) in [6.45, 7) is 6.16. The molecule has 1 N–H and O–H groups in total. The van der Waals surface area contributed by atoms with Crippen LogP contribution in [0, 0.1) is 0 Å². The van der Waals surface area contributed by atoms with Gasteiger partial charge in [-0.15, -0.1) is 0 Å². The first kappa shape index (κ1) is 16.8. The third-order valence-electron chi connectivity index (χ3n) is 3.02. The second-order valence-electron chi connectivity index (χ2n) is 4.93. The van der Waals surface area contributed by atoms with Gasteiger partial charge in [0.2, 0.25) is 0 Å². The molecule has 0 aliphatic rings. The lowest BCUT2D eigenvalue weighted by molar-refractivity contribution is -0.137. The summed E-state index contributed by atoms with van der Waals surface area (Å²) in [6.07, 6.45) is 1.04. The van der Waals surface area contributed by atoms with E-state index in [0.717, 1.165) is 18.7 Å². The molecule has 0 unspecified atom stereocenters. The van der Waals surface area contributed by atoms with Crippen LogP contribution >= 0.6 is 11.6 Å². The van der Waals surface area contributed by atoms with Crippen molar-refractivity contribution in [3.63, 3.8) is 0 Å². The van der Waals surface area contributed by atoms with Gasteiger partial charge in [0.15, 0.2) is 0 Å². The fourth-order valence-corrected chi connectivity index (χ4v) is 1.98. The number of ether oxygens (including phenoxy) is 1. The highest BCUT2D eigenvalue weighted by Crippen LogP contribution is 2.15. The summed E-state index contributed by atoms with van der Waals surface area (Å²) in [5.41, 5.74) is 0. The summed E-state index contributed by atoms with van der Waals surface area (Å²) in [6, 6.07) is 7.61. The van der Waals surface area contributed by atoms with E-state index in [1.165, 1.54) is 0 Å². The molecule has 1 aromatic carbocycles. The van der Waals surface area contributed by atoms with Crippen LogP contribution in [-0.4, -0.2) is 41.7 Å². The van der Waals surface area contributed by atoms with Crippen LogP contribution in [-0.2, 0) is 4.79 Å². The molecule has 1 aromatic rings. The normalized spacial score (nSPS) is 11.1. The number of hydrogen-bond acceptors (Lipinski definition) is 3. The highest BCUT2D eigenvalue weighted by Gasteiger charge is 2.10. The Kier molecular flexibility index (Phi) is 7.41. The Morgan fingerprint density at radius 2 is 1.95 bits per heavy atom. The van der Waals surface area contributed by atoms with Crippen molar-refractivity contribution in [2.45, 2.75) is 32.7 Å². The molecule has 0 atom stereocenters. The highest BCUT2D eigenvalue weighted by atomic mass is 35.5. The van der Waals surface area contributed by atoms with Crippen LogP contribution in [0.2, 0.25) is 5.02 Å². The maximum atomic E-state index is 10.6. The van der Waals surface area contributed by atoms with Crippen molar-refractivity contribution in [1.82, 2.24) is 4.90 Å². The van der Waals surface area contributed by atoms with Crippen LogP contribution in [0.15, 0.2) is 24.3 Å². The van der Waals surface area contributed by atoms with Gasteiger partial charge in [-0.25, -0.2) is 0 Å². The van der Waals surface area contributed by atoms with Gasteiger partial charge in [-0.2, -0.15) is 0 Å². The minimum Gasteiger partial charge on any atom is -0.494 e. The number of benzene rings is 1. The summed E-state index contributed by atoms with van der Waals surface area (Å²) >= 11 is 5.80. The Bertz CT molecular complexity index is 406. The van der Waals surface area contributed by atoms with E-state index in [9.17, 15) is 4.79 Å². The molecular weight excluding hydrogens is 278 g/mol. The lowest BCUT2D eigenvalue weighted by atomic mass is 10.2. The topological polar surface area (TPSA) is 49.8 Å². The summed E-state index contributed by atoms with van der Waals surface area (Å²) in [4.78, 5) is 12.8. The molecule has 0 spiro atoms. The Labute approximate surface area is 125 Å². The third kappa shape index (κ3) is 6.78. The monoisotopic (exact) mass is 299 g/mol. The average molecular weight is 300 g/mol. The van der Waals surface area contributed by atoms with Crippen LogP contribution in [0.3, 0.4) is 0 Å². The Hall–Kier alpha value is -1.26. The molecule has 0 bridgehead atoms. The fourth-order valence-electron chi connectivity index (χ4n) is 1.86. The molecule has 0 amide bonds. The quantitative estimate of drug-likeness (QED) is 0.711. The van der Waals surface area contributed by atoms with E-state index in [1.54, 1.807) is 12.1 Å². The molecule has 0 heterocycles. The summed E-state index contributed by atoms with van der Waals surface area (Å²) < 4.78 is 5.62. The highest BCUT2D eigenvalue weighted by molar-refractivity contribution is 6.30. The third-order valence-corrected chi connectivity index (χ3v) is 3.27. The number of hydrogen-bond donors (Lipinski definition) is 1. The molecule has 5 heteroatoms. The van der Waals surface area contributed by atoms with Crippen molar-refractivity contribution in [1.29, 1.82) is 0 Å².